The Morgan fingerprint density at radius 1 is 1.12 bits per heavy atom. The lowest BCUT2D eigenvalue weighted by Crippen LogP contribution is -2.53. The molecule has 1 aliphatic carbocycles. The number of piperidine rings is 2. The van der Waals surface area contributed by atoms with Gasteiger partial charge in [0.05, 0.1) is 6.04 Å². The number of amides is 2. The number of carbonyl (C=O) groups excluding carboxylic acids is 2. The number of nitrogens with one attached hydrogen (secondary N) is 1. The van der Waals surface area contributed by atoms with Crippen molar-refractivity contribution in [1.82, 2.24) is 15.1 Å². The van der Waals surface area contributed by atoms with Gasteiger partial charge in [0.15, 0.2) is 0 Å². The predicted octanol–water partition coefficient (Wildman–Crippen LogP) is 5.19. The fraction of sp³-hybridized carbons (Fsp3) is 0.714. The Morgan fingerprint density at radius 3 is 2.53 bits per heavy atom. The first kappa shape index (κ1) is 25.2. The topological polar surface area (TPSA) is 52.7 Å². The highest BCUT2D eigenvalue weighted by molar-refractivity contribution is 5.87. The molecule has 2 aliphatic heterocycles. The van der Waals surface area contributed by atoms with E-state index in [2.05, 4.69) is 31.0 Å². The number of rotatable bonds is 4. The molecule has 2 atom stereocenters. The number of likely N-dealkylation sites (tertiary alicyclic amines) is 2. The molecule has 0 radical (unpaired) electrons. The maximum atomic E-state index is 14.4. The lowest BCUT2D eigenvalue weighted by molar-refractivity contribution is -0.141. The zero-order chi connectivity index (χ0) is 24.5. The van der Waals surface area contributed by atoms with Crippen molar-refractivity contribution in [2.24, 2.45) is 5.41 Å². The van der Waals surface area contributed by atoms with Gasteiger partial charge in [-0.3, -0.25) is 9.59 Å². The van der Waals surface area contributed by atoms with E-state index in [0.29, 0.717) is 18.4 Å². The Balaban J connectivity index is 0.00000342. The van der Waals surface area contributed by atoms with Crippen LogP contribution >= 0.6 is 0 Å². The Hall–Kier alpha value is -1.95. The Labute approximate surface area is 205 Å². The molecule has 0 aromatic heterocycles. The summed E-state index contributed by atoms with van der Waals surface area (Å²) in [5.74, 6) is -0.304. The van der Waals surface area contributed by atoms with Crippen LogP contribution in [-0.4, -0.2) is 53.8 Å². The highest BCUT2D eigenvalue weighted by atomic mass is 19.1. The third kappa shape index (κ3) is 5.48. The van der Waals surface area contributed by atoms with Crippen molar-refractivity contribution in [2.75, 3.05) is 26.2 Å². The van der Waals surface area contributed by atoms with Gasteiger partial charge in [-0.2, -0.15) is 0 Å². The van der Waals surface area contributed by atoms with Crippen LogP contribution in [0, 0.1) is 11.2 Å². The summed E-state index contributed by atoms with van der Waals surface area (Å²) in [4.78, 5) is 29.6. The molecule has 3 aliphatic rings. The van der Waals surface area contributed by atoms with Gasteiger partial charge in [-0.05, 0) is 105 Å². The predicted molar refractivity (Wildman–Crippen MR) is 135 cm³/mol. The molecule has 2 fully saturated rings. The van der Waals surface area contributed by atoms with Crippen LogP contribution in [0.4, 0.5) is 4.39 Å². The highest BCUT2D eigenvalue weighted by Crippen LogP contribution is 2.48. The minimum absolute atomic E-state index is 0. The van der Waals surface area contributed by atoms with Crippen LogP contribution in [0.25, 0.3) is 0 Å². The summed E-state index contributed by atoms with van der Waals surface area (Å²) < 4.78 is 14.4. The van der Waals surface area contributed by atoms with Gasteiger partial charge in [0.2, 0.25) is 11.8 Å². The molecule has 190 valence electrons. The normalized spacial score (nSPS) is 25.1. The van der Waals surface area contributed by atoms with Crippen molar-refractivity contribution in [2.45, 2.75) is 96.6 Å². The molecule has 0 unspecified atom stereocenters. The standard InChI is InChI=1S/C28H42FN3O2.H2/c1-20(33)32-15-6-5-7-25(32)26(34)30-24-10-11-28(23-19-21(29)8-9-22(23)24)13-17-31(18-14-28)16-12-27(2,3)4;/h8-9,19,24-25H,5-7,10-18H2,1-4H3,(H,30,34);1H/t24-,25+;/m0./s1. The Kier molecular flexibility index (Phi) is 7.37. The summed E-state index contributed by atoms with van der Waals surface area (Å²) >= 11 is 0. The van der Waals surface area contributed by atoms with Crippen LogP contribution in [0.5, 0.6) is 0 Å². The highest BCUT2D eigenvalue weighted by Gasteiger charge is 2.43. The molecule has 0 bridgehead atoms. The fourth-order valence-electron chi connectivity index (χ4n) is 6.22. The van der Waals surface area contributed by atoms with Gasteiger partial charge in [-0.1, -0.05) is 26.8 Å². The fourth-order valence-corrected chi connectivity index (χ4v) is 6.22. The van der Waals surface area contributed by atoms with Gasteiger partial charge in [0, 0.05) is 14.9 Å². The van der Waals surface area contributed by atoms with E-state index >= 15 is 0 Å². The van der Waals surface area contributed by atoms with Crippen molar-refractivity contribution in [3.05, 3.63) is 35.1 Å². The SMILES string of the molecule is CC(=O)N1CCCC[C@@H]1C(=O)N[C@H]1CCC2(CCN(CCC(C)(C)C)CC2)c2cc(F)ccc21.[HH]. The van der Waals surface area contributed by atoms with Crippen LogP contribution in [0.2, 0.25) is 0 Å². The molecule has 34 heavy (non-hydrogen) atoms. The molecule has 2 saturated heterocycles. The quantitative estimate of drug-likeness (QED) is 0.654. The number of carbonyl (C=O) groups is 2. The van der Waals surface area contributed by atoms with Crippen LogP contribution in [0.15, 0.2) is 18.2 Å². The van der Waals surface area contributed by atoms with E-state index < -0.39 is 6.04 Å². The van der Waals surface area contributed by atoms with Crippen LogP contribution in [0.1, 0.15) is 97.7 Å². The number of fused-ring (bicyclic) bond motifs is 2. The first-order valence-electron chi connectivity index (χ1n) is 13.2. The summed E-state index contributed by atoms with van der Waals surface area (Å²) in [6.45, 7) is 12.2. The number of hydrogen-bond donors (Lipinski definition) is 1. The van der Waals surface area contributed by atoms with E-state index in [1.807, 2.05) is 6.07 Å². The number of hydrogen-bond acceptors (Lipinski definition) is 3. The molecule has 1 spiro atoms. The first-order chi connectivity index (χ1) is 16.1. The van der Waals surface area contributed by atoms with Crippen molar-refractivity contribution < 1.29 is 15.4 Å². The molecular formula is C28H44FN3O2. The monoisotopic (exact) mass is 473 g/mol. The van der Waals surface area contributed by atoms with Gasteiger partial charge < -0.3 is 15.1 Å². The van der Waals surface area contributed by atoms with E-state index in [0.717, 1.165) is 69.3 Å². The molecule has 6 heteroatoms. The van der Waals surface area contributed by atoms with E-state index in [1.165, 1.54) is 12.5 Å². The lowest BCUT2D eigenvalue weighted by Gasteiger charge is -2.48. The Bertz CT molecular complexity index is 908. The maximum absolute atomic E-state index is 14.4. The molecule has 1 aromatic carbocycles. The second-order valence-electron chi connectivity index (χ2n) is 12.0. The van der Waals surface area contributed by atoms with Crippen molar-refractivity contribution in [3.63, 3.8) is 0 Å². The molecule has 1 aromatic rings. The molecule has 2 amide bonds. The molecular weight excluding hydrogens is 429 g/mol. The summed E-state index contributed by atoms with van der Waals surface area (Å²) in [6, 6.07) is 4.62. The second kappa shape index (κ2) is 9.96. The smallest absolute Gasteiger partial charge is 0.243 e. The molecule has 4 rings (SSSR count). The van der Waals surface area contributed by atoms with Gasteiger partial charge >= 0.3 is 0 Å². The molecule has 5 nitrogen and oxygen atoms in total. The van der Waals surface area contributed by atoms with Crippen molar-refractivity contribution >= 4 is 11.8 Å². The molecule has 2 heterocycles. The van der Waals surface area contributed by atoms with Crippen LogP contribution in [0.3, 0.4) is 0 Å². The van der Waals surface area contributed by atoms with Gasteiger partial charge in [0.25, 0.3) is 0 Å². The lowest BCUT2D eigenvalue weighted by atomic mass is 9.63. The van der Waals surface area contributed by atoms with E-state index in [1.54, 1.807) is 17.9 Å². The maximum Gasteiger partial charge on any atom is 0.243 e. The summed E-state index contributed by atoms with van der Waals surface area (Å²) in [6.07, 6.45) is 7.69. The minimum atomic E-state index is -0.392. The second-order valence-corrected chi connectivity index (χ2v) is 12.0. The third-order valence-corrected chi connectivity index (χ3v) is 8.39. The van der Waals surface area contributed by atoms with Crippen LogP contribution < -0.4 is 5.32 Å². The molecule has 1 N–H and O–H groups in total. The van der Waals surface area contributed by atoms with Gasteiger partial charge in [-0.25, -0.2) is 4.39 Å². The number of nitrogens with zero attached hydrogens (tertiary/aromatic N) is 2. The summed E-state index contributed by atoms with van der Waals surface area (Å²) in [5.41, 5.74) is 2.48. The van der Waals surface area contributed by atoms with Gasteiger partial charge in [0.1, 0.15) is 11.9 Å². The van der Waals surface area contributed by atoms with Crippen molar-refractivity contribution in [3.8, 4) is 0 Å². The van der Waals surface area contributed by atoms with E-state index in [4.69, 9.17) is 0 Å². The zero-order valence-electron chi connectivity index (χ0n) is 21.5. The van der Waals surface area contributed by atoms with Gasteiger partial charge in [-0.15, -0.1) is 0 Å². The molecule has 0 saturated carbocycles. The first-order valence-corrected chi connectivity index (χ1v) is 13.2. The average molecular weight is 474 g/mol. The van der Waals surface area contributed by atoms with Crippen molar-refractivity contribution in [1.29, 1.82) is 0 Å². The zero-order valence-corrected chi connectivity index (χ0v) is 21.5. The summed E-state index contributed by atoms with van der Waals surface area (Å²) in [7, 11) is 0. The number of benzene rings is 1. The summed E-state index contributed by atoms with van der Waals surface area (Å²) in [5, 5.41) is 3.25. The minimum Gasteiger partial charge on any atom is -0.347 e. The number of halogens is 1. The largest absolute Gasteiger partial charge is 0.347 e. The third-order valence-electron chi connectivity index (χ3n) is 8.39. The Morgan fingerprint density at radius 2 is 1.85 bits per heavy atom. The van der Waals surface area contributed by atoms with E-state index in [-0.39, 0.29) is 30.5 Å². The van der Waals surface area contributed by atoms with Crippen LogP contribution in [-0.2, 0) is 15.0 Å². The average Bonchev–Trinajstić information content (AvgIpc) is 2.80. The van der Waals surface area contributed by atoms with E-state index in [9.17, 15) is 14.0 Å².